The number of hydrogen-bond acceptors (Lipinski definition) is 5. The minimum absolute atomic E-state index is 0.0431. The predicted molar refractivity (Wildman–Crippen MR) is 99.5 cm³/mol. The summed E-state index contributed by atoms with van der Waals surface area (Å²) in [6.07, 6.45) is 3.02. The second kappa shape index (κ2) is 9.43. The highest BCUT2D eigenvalue weighted by atomic mass is 16.5. The van der Waals surface area contributed by atoms with E-state index in [9.17, 15) is 9.59 Å². The summed E-state index contributed by atoms with van der Waals surface area (Å²) in [6, 6.07) is 4.78. The van der Waals surface area contributed by atoms with Gasteiger partial charge in [-0.1, -0.05) is 13.3 Å². The largest absolute Gasteiger partial charge is 0.493 e. The second-order valence-electron chi connectivity index (χ2n) is 6.54. The number of carbonyl (C=O) groups is 2. The zero-order valence-corrected chi connectivity index (χ0v) is 15.8. The molecule has 1 atom stereocenters. The fourth-order valence-electron chi connectivity index (χ4n) is 3.13. The zero-order valence-electron chi connectivity index (χ0n) is 15.8. The zero-order chi connectivity index (χ0) is 19.1. The molecule has 1 aliphatic rings. The summed E-state index contributed by atoms with van der Waals surface area (Å²) in [5.41, 5.74) is 6.41. The van der Waals surface area contributed by atoms with Gasteiger partial charge >= 0.3 is 0 Å². The van der Waals surface area contributed by atoms with E-state index in [4.69, 9.17) is 15.2 Å². The molecule has 0 radical (unpaired) electrons. The van der Waals surface area contributed by atoms with Crippen molar-refractivity contribution in [2.75, 3.05) is 27.3 Å². The molecule has 1 aliphatic heterocycles. The van der Waals surface area contributed by atoms with Gasteiger partial charge in [-0.3, -0.25) is 9.59 Å². The molecule has 0 saturated carbocycles. The van der Waals surface area contributed by atoms with Crippen molar-refractivity contribution in [1.82, 2.24) is 10.2 Å². The van der Waals surface area contributed by atoms with Crippen LogP contribution in [0.3, 0.4) is 0 Å². The highest BCUT2D eigenvalue weighted by molar-refractivity contribution is 5.95. The lowest BCUT2D eigenvalue weighted by atomic mass is 10.0. The first-order chi connectivity index (χ1) is 12.5. The number of amides is 2. The molecule has 7 heteroatoms. The summed E-state index contributed by atoms with van der Waals surface area (Å²) in [5, 5.41) is 3.00. The summed E-state index contributed by atoms with van der Waals surface area (Å²) in [6.45, 7) is 3.20. The molecule has 0 bridgehead atoms. The molecule has 1 unspecified atom stereocenters. The fourth-order valence-corrected chi connectivity index (χ4v) is 3.13. The van der Waals surface area contributed by atoms with E-state index >= 15 is 0 Å². The number of nitrogens with one attached hydrogen (secondary N) is 1. The van der Waals surface area contributed by atoms with Crippen LogP contribution in [0.15, 0.2) is 18.2 Å². The summed E-state index contributed by atoms with van der Waals surface area (Å²) in [5.74, 6) is 0.981. The van der Waals surface area contributed by atoms with Crippen LogP contribution in [-0.2, 0) is 4.79 Å². The Bertz CT molecular complexity index is 627. The maximum absolute atomic E-state index is 12.7. The highest BCUT2D eigenvalue weighted by Crippen LogP contribution is 2.28. The number of hydrogen-bond donors (Lipinski definition) is 2. The number of nitrogens with zero attached hydrogens (tertiary/aromatic N) is 1. The summed E-state index contributed by atoms with van der Waals surface area (Å²) in [4.78, 5) is 26.5. The maximum atomic E-state index is 12.7. The molecule has 2 amide bonds. The standard InChI is InChI=1S/C19H29N3O4/c1-4-5-15(20)18(23)21-14-8-10-22(11-9-14)19(24)13-6-7-16(25-2)17(12-13)26-3/h6-7,12,14-15H,4-5,8-11,20H2,1-3H3,(H,21,23). The lowest BCUT2D eigenvalue weighted by molar-refractivity contribution is -0.123. The molecule has 1 fully saturated rings. The monoisotopic (exact) mass is 363 g/mol. The van der Waals surface area contributed by atoms with Crippen molar-refractivity contribution >= 4 is 11.8 Å². The average Bonchev–Trinajstić information content (AvgIpc) is 2.67. The third kappa shape index (κ3) is 4.88. The minimum Gasteiger partial charge on any atom is -0.493 e. The van der Waals surface area contributed by atoms with E-state index in [2.05, 4.69) is 5.32 Å². The smallest absolute Gasteiger partial charge is 0.253 e. The van der Waals surface area contributed by atoms with Gasteiger partial charge in [0.15, 0.2) is 11.5 Å². The fraction of sp³-hybridized carbons (Fsp3) is 0.579. The van der Waals surface area contributed by atoms with Gasteiger partial charge in [0.25, 0.3) is 5.91 Å². The van der Waals surface area contributed by atoms with E-state index in [0.717, 1.165) is 19.3 Å². The molecule has 3 N–H and O–H groups in total. The summed E-state index contributed by atoms with van der Waals surface area (Å²) >= 11 is 0. The molecule has 7 nitrogen and oxygen atoms in total. The highest BCUT2D eigenvalue weighted by Gasteiger charge is 2.26. The molecular formula is C19H29N3O4. The van der Waals surface area contributed by atoms with Gasteiger partial charge in [0.2, 0.25) is 5.91 Å². The first-order valence-corrected chi connectivity index (χ1v) is 9.07. The number of methoxy groups -OCH3 is 2. The van der Waals surface area contributed by atoms with Crippen LogP contribution >= 0.6 is 0 Å². The van der Waals surface area contributed by atoms with E-state index < -0.39 is 6.04 Å². The van der Waals surface area contributed by atoms with Crippen LogP contribution in [0.4, 0.5) is 0 Å². The number of likely N-dealkylation sites (tertiary alicyclic amines) is 1. The van der Waals surface area contributed by atoms with E-state index in [0.29, 0.717) is 36.6 Å². The summed E-state index contributed by atoms with van der Waals surface area (Å²) < 4.78 is 10.5. The van der Waals surface area contributed by atoms with Crippen molar-refractivity contribution in [2.24, 2.45) is 5.73 Å². The van der Waals surface area contributed by atoms with Crippen molar-refractivity contribution in [3.8, 4) is 11.5 Å². The third-order valence-corrected chi connectivity index (χ3v) is 4.70. The first kappa shape index (κ1) is 20.0. The molecule has 2 rings (SSSR count). The number of nitrogens with two attached hydrogens (primary N) is 1. The lowest BCUT2D eigenvalue weighted by Crippen LogP contribution is -2.50. The van der Waals surface area contributed by atoms with Crippen LogP contribution in [0.5, 0.6) is 11.5 Å². The van der Waals surface area contributed by atoms with Crippen LogP contribution in [0, 0.1) is 0 Å². The molecule has 144 valence electrons. The Balaban J connectivity index is 1.91. The SMILES string of the molecule is CCCC(N)C(=O)NC1CCN(C(=O)c2ccc(OC)c(OC)c2)CC1. The van der Waals surface area contributed by atoms with Gasteiger partial charge in [-0.25, -0.2) is 0 Å². The Labute approximate surface area is 154 Å². The molecule has 0 aromatic heterocycles. The van der Waals surface area contributed by atoms with Gasteiger partial charge in [0.1, 0.15) is 0 Å². The van der Waals surface area contributed by atoms with Crippen molar-refractivity contribution < 1.29 is 19.1 Å². The number of carbonyl (C=O) groups excluding carboxylic acids is 2. The van der Waals surface area contributed by atoms with Crippen molar-refractivity contribution in [1.29, 1.82) is 0 Å². The minimum atomic E-state index is -0.452. The quantitative estimate of drug-likeness (QED) is 0.767. The first-order valence-electron chi connectivity index (χ1n) is 9.07. The van der Waals surface area contributed by atoms with E-state index in [1.807, 2.05) is 6.92 Å². The Morgan fingerprint density at radius 3 is 2.46 bits per heavy atom. The van der Waals surface area contributed by atoms with Crippen LogP contribution in [0.1, 0.15) is 43.0 Å². The topological polar surface area (TPSA) is 93.9 Å². The van der Waals surface area contributed by atoms with Gasteiger partial charge < -0.3 is 25.4 Å². The van der Waals surface area contributed by atoms with Gasteiger partial charge in [-0.05, 0) is 37.5 Å². The predicted octanol–water partition coefficient (Wildman–Crippen LogP) is 1.55. The number of piperidine rings is 1. The molecule has 26 heavy (non-hydrogen) atoms. The normalized spacial score (nSPS) is 16.1. The molecule has 1 heterocycles. The molecule has 0 aliphatic carbocycles. The van der Waals surface area contributed by atoms with Gasteiger partial charge in [0, 0.05) is 24.7 Å². The van der Waals surface area contributed by atoms with Crippen molar-refractivity contribution in [3.63, 3.8) is 0 Å². The van der Waals surface area contributed by atoms with Crippen LogP contribution in [0.2, 0.25) is 0 Å². The second-order valence-corrected chi connectivity index (χ2v) is 6.54. The van der Waals surface area contributed by atoms with Gasteiger partial charge in [-0.2, -0.15) is 0 Å². The van der Waals surface area contributed by atoms with Crippen LogP contribution in [0.25, 0.3) is 0 Å². The number of ether oxygens (including phenoxy) is 2. The molecule has 1 aromatic rings. The Morgan fingerprint density at radius 1 is 1.23 bits per heavy atom. The van der Waals surface area contributed by atoms with Crippen molar-refractivity contribution in [3.05, 3.63) is 23.8 Å². The molecule has 0 spiro atoms. The summed E-state index contributed by atoms with van der Waals surface area (Å²) in [7, 11) is 3.11. The Morgan fingerprint density at radius 2 is 1.88 bits per heavy atom. The third-order valence-electron chi connectivity index (χ3n) is 4.70. The molecule has 1 saturated heterocycles. The average molecular weight is 363 g/mol. The number of benzene rings is 1. The van der Waals surface area contributed by atoms with Gasteiger partial charge in [0.05, 0.1) is 20.3 Å². The maximum Gasteiger partial charge on any atom is 0.253 e. The van der Waals surface area contributed by atoms with Crippen molar-refractivity contribution in [2.45, 2.75) is 44.7 Å². The van der Waals surface area contributed by atoms with Crippen LogP contribution < -0.4 is 20.5 Å². The van der Waals surface area contributed by atoms with E-state index in [-0.39, 0.29) is 17.9 Å². The lowest BCUT2D eigenvalue weighted by Gasteiger charge is -2.33. The number of rotatable bonds is 7. The molecule has 1 aromatic carbocycles. The van der Waals surface area contributed by atoms with Crippen LogP contribution in [-0.4, -0.2) is 56.1 Å². The van der Waals surface area contributed by atoms with E-state index in [1.54, 1.807) is 37.3 Å². The van der Waals surface area contributed by atoms with E-state index in [1.165, 1.54) is 0 Å². The Hall–Kier alpha value is -2.28. The molecular weight excluding hydrogens is 334 g/mol. The Kier molecular flexibility index (Phi) is 7.26. The van der Waals surface area contributed by atoms with Gasteiger partial charge in [-0.15, -0.1) is 0 Å².